The Bertz CT molecular complexity index is 217. The number of carbonyl (C=O) groups excluding carboxylic acids is 2. The topological polar surface area (TPSA) is 72.6 Å². The maximum absolute atomic E-state index is 11.3. The quantitative estimate of drug-likeness (QED) is 0.621. The summed E-state index contributed by atoms with van der Waals surface area (Å²) in [5, 5.41) is 0. The molecule has 1 unspecified atom stereocenters. The van der Waals surface area contributed by atoms with Crippen LogP contribution in [0.4, 0.5) is 0 Å². The van der Waals surface area contributed by atoms with Gasteiger partial charge in [0.25, 0.3) is 0 Å². The van der Waals surface area contributed by atoms with Crippen LogP contribution in [-0.4, -0.2) is 42.5 Å². The zero-order valence-corrected chi connectivity index (χ0v) is 7.66. The first kappa shape index (κ1) is 9.98. The molecular formula is C8H14N2O3. The summed E-state index contributed by atoms with van der Waals surface area (Å²) in [6.07, 6.45) is 0.557. The highest BCUT2D eigenvalue weighted by Gasteiger charge is 2.28. The summed E-state index contributed by atoms with van der Waals surface area (Å²) in [6, 6.07) is -0.476. The number of primary amides is 1. The van der Waals surface area contributed by atoms with Crippen molar-refractivity contribution in [3.8, 4) is 0 Å². The molecule has 1 rings (SSSR count). The van der Waals surface area contributed by atoms with Crippen molar-refractivity contribution in [2.45, 2.75) is 19.4 Å². The molecule has 0 aromatic rings. The number of hydrogen-bond donors (Lipinski definition) is 1. The summed E-state index contributed by atoms with van der Waals surface area (Å²) in [5.41, 5.74) is 5.17. The highest BCUT2D eigenvalue weighted by atomic mass is 16.5. The van der Waals surface area contributed by atoms with Gasteiger partial charge in [-0.2, -0.15) is 0 Å². The monoisotopic (exact) mass is 186 g/mol. The number of nitrogens with two attached hydrogens (primary N) is 1. The van der Waals surface area contributed by atoms with Crippen LogP contribution in [0.5, 0.6) is 0 Å². The van der Waals surface area contributed by atoms with Crippen LogP contribution in [0.15, 0.2) is 0 Å². The van der Waals surface area contributed by atoms with Crippen LogP contribution in [0.25, 0.3) is 0 Å². The minimum atomic E-state index is -0.476. The lowest BCUT2D eigenvalue weighted by atomic mass is 10.1. The summed E-state index contributed by atoms with van der Waals surface area (Å²) in [6.45, 7) is 2.83. The number of nitrogens with zero attached hydrogens (tertiary/aromatic N) is 1. The Balaban J connectivity index is 2.65. The number of ether oxygens (including phenoxy) is 1. The van der Waals surface area contributed by atoms with E-state index in [-0.39, 0.29) is 12.5 Å². The molecule has 1 saturated heterocycles. The van der Waals surface area contributed by atoms with Crippen molar-refractivity contribution in [3.05, 3.63) is 0 Å². The fraction of sp³-hybridized carbons (Fsp3) is 0.750. The molecule has 2 N–H and O–H groups in total. The van der Waals surface area contributed by atoms with Gasteiger partial charge in [0.05, 0.1) is 6.61 Å². The minimum absolute atomic E-state index is 0.0593. The molecular weight excluding hydrogens is 172 g/mol. The largest absolute Gasteiger partial charge is 0.370 e. The first-order valence-electron chi connectivity index (χ1n) is 4.33. The Kier molecular flexibility index (Phi) is 3.25. The van der Waals surface area contributed by atoms with Gasteiger partial charge in [-0.25, -0.2) is 0 Å². The molecule has 5 heteroatoms. The molecule has 1 heterocycles. The molecule has 0 spiro atoms. The van der Waals surface area contributed by atoms with E-state index in [1.807, 2.05) is 6.92 Å². The molecule has 1 fully saturated rings. The van der Waals surface area contributed by atoms with E-state index in [9.17, 15) is 9.59 Å². The molecule has 0 radical (unpaired) electrons. The van der Waals surface area contributed by atoms with Crippen LogP contribution in [0, 0.1) is 0 Å². The van der Waals surface area contributed by atoms with E-state index < -0.39 is 11.9 Å². The fourth-order valence-corrected chi connectivity index (χ4v) is 1.43. The Morgan fingerprint density at radius 3 is 2.92 bits per heavy atom. The number of carbonyl (C=O) groups is 2. The zero-order valence-electron chi connectivity index (χ0n) is 7.66. The molecule has 5 nitrogen and oxygen atoms in total. The molecule has 13 heavy (non-hydrogen) atoms. The van der Waals surface area contributed by atoms with Gasteiger partial charge in [0, 0.05) is 6.54 Å². The van der Waals surface area contributed by atoms with Crippen molar-refractivity contribution in [1.82, 2.24) is 4.90 Å². The van der Waals surface area contributed by atoms with Crippen molar-refractivity contribution in [3.63, 3.8) is 0 Å². The average molecular weight is 186 g/mol. The summed E-state index contributed by atoms with van der Waals surface area (Å²) in [4.78, 5) is 23.7. The maximum Gasteiger partial charge on any atom is 0.249 e. The average Bonchev–Trinajstić information content (AvgIpc) is 2.09. The Hall–Kier alpha value is -1.10. The lowest BCUT2D eigenvalue weighted by molar-refractivity contribution is -0.149. The SMILES string of the molecule is CCC(C(N)=O)N1CCOCC1=O. The van der Waals surface area contributed by atoms with Gasteiger partial charge in [-0.05, 0) is 6.42 Å². The molecule has 2 amide bonds. The highest BCUT2D eigenvalue weighted by molar-refractivity contribution is 5.87. The van der Waals surface area contributed by atoms with Gasteiger partial charge in [0.2, 0.25) is 11.8 Å². The Labute approximate surface area is 76.8 Å². The van der Waals surface area contributed by atoms with E-state index in [0.717, 1.165) is 0 Å². The van der Waals surface area contributed by atoms with Gasteiger partial charge >= 0.3 is 0 Å². The summed E-state index contributed by atoms with van der Waals surface area (Å²) in [7, 11) is 0. The highest BCUT2D eigenvalue weighted by Crippen LogP contribution is 2.07. The third kappa shape index (κ3) is 2.18. The van der Waals surface area contributed by atoms with Gasteiger partial charge in [-0.15, -0.1) is 0 Å². The molecule has 1 atom stereocenters. The van der Waals surface area contributed by atoms with Crippen molar-refractivity contribution in [2.75, 3.05) is 19.8 Å². The normalized spacial score (nSPS) is 20.1. The standard InChI is InChI=1S/C8H14N2O3/c1-2-6(8(9)12)10-3-4-13-5-7(10)11/h6H,2-5H2,1H3,(H2,9,12). The van der Waals surface area contributed by atoms with E-state index in [1.54, 1.807) is 0 Å². The lowest BCUT2D eigenvalue weighted by Crippen LogP contribution is -2.52. The van der Waals surface area contributed by atoms with Crippen LogP contribution in [-0.2, 0) is 14.3 Å². The summed E-state index contributed by atoms with van der Waals surface area (Å²) < 4.78 is 4.94. The number of hydrogen-bond acceptors (Lipinski definition) is 3. The summed E-state index contributed by atoms with van der Waals surface area (Å²) in [5.74, 6) is -0.602. The molecule has 0 aromatic carbocycles. The maximum atomic E-state index is 11.3. The van der Waals surface area contributed by atoms with Gasteiger partial charge in [-0.3, -0.25) is 9.59 Å². The molecule has 74 valence electrons. The van der Waals surface area contributed by atoms with Gasteiger partial charge in [0.15, 0.2) is 0 Å². The second-order valence-corrected chi connectivity index (χ2v) is 2.97. The Morgan fingerprint density at radius 1 is 1.77 bits per heavy atom. The van der Waals surface area contributed by atoms with Crippen molar-refractivity contribution >= 4 is 11.8 Å². The van der Waals surface area contributed by atoms with Crippen LogP contribution < -0.4 is 5.73 Å². The third-order valence-electron chi connectivity index (χ3n) is 2.11. The van der Waals surface area contributed by atoms with Crippen LogP contribution in [0.3, 0.4) is 0 Å². The second-order valence-electron chi connectivity index (χ2n) is 2.97. The molecule has 0 saturated carbocycles. The molecule has 1 aliphatic heterocycles. The number of rotatable bonds is 3. The summed E-state index contributed by atoms with van der Waals surface area (Å²) >= 11 is 0. The van der Waals surface area contributed by atoms with Crippen molar-refractivity contribution in [2.24, 2.45) is 5.73 Å². The second kappa shape index (κ2) is 4.23. The predicted octanol–water partition coefficient (Wildman–Crippen LogP) is -0.891. The smallest absolute Gasteiger partial charge is 0.249 e. The van der Waals surface area contributed by atoms with E-state index in [2.05, 4.69) is 0 Å². The molecule has 1 aliphatic rings. The number of morpholine rings is 1. The third-order valence-corrected chi connectivity index (χ3v) is 2.11. The first-order chi connectivity index (χ1) is 6.16. The minimum Gasteiger partial charge on any atom is -0.370 e. The van der Waals surface area contributed by atoms with Crippen molar-refractivity contribution in [1.29, 1.82) is 0 Å². The van der Waals surface area contributed by atoms with E-state index in [0.29, 0.717) is 19.6 Å². The van der Waals surface area contributed by atoms with E-state index in [1.165, 1.54) is 4.90 Å². The zero-order chi connectivity index (χ0) is 9.84. The van der Waals surface area contributed by atoms with Crippen LogP contribution in [0.2, 0.25) is 0 Å². The number of amides is 2. The van der Waals surface area contributed by atoms with Crippen molar-refractivity contribution < 1.29 is 14.3 Å². The molecule has 0 aliphatic carbocycles. The van der Waals surface area contributed by atoms with Crippen LogP contribution >= 0.6 is 0 Å². The molecule has 0 aromatic heterocycles. The van der Waals surface area contributed by atoms with E-state index >= 15 is 0 Å². The first-order valence-corrected chi connectivity index (χ1v) is 4.33. The van der Waals surface area contributed by atoms with Crippen LogP contribution in [0.1, 0.15) is 13.3 Å². The van der Waals surface area contributed by atoms with E-state index in [4.69, 9.17) is 10.5 Å². The Morgan fingerprint density at radius 2 is 2.46 bits per heavy atom. The van der Waals surface area contributed by atoms with Gasteiger partial charge in [-0.1, -0.05) is 6.92 Å². The lowest BCUT2D eigenvalue weighted by Gasteiger charge is -2.31. The molecule has 0 bridgehead atoms. The van der Waals surface area contributed by atoms with Gasteiger partial charge in [0.1, 0.15) is 12.6 Å². The van der Waals surface area contributed by atoms with Gasteiger partial charge < -0.3 is 15.4 Å². The predicted molar refractivity (Wildman–Crippen MR) is 45.8 cm³/mol. The fourth-order valence-electron chi connectivity index (χ4n) is 1.43.